The van der Waals surface area contributed by atoms with Crippen molar-refractivity contribution in [2.45, 2.75) is 0 Å². The Hall–Kier alpha value is -8.02. The van der Waals surface area contributed by atoms with Gasteiger partial charge >= 0.3 is 0 Å². The lowest BCUT2D eigenvalue weighted by molar-refractivity contribution is 0.477. The molecule has 9 aromatic carbocycles. The van der Waals surface area contributed by atoms with E-state index in [-0.39, 0.29) is 0 Å². The Bertz CT molecular complexity index is 3430. The number of hydrogen-bond donors (Lipinski definition) is 0. The summed E-state index contributed by atoms with van der Waals surface area (Å²) in [6.45, 7) is 0. The van der Waals surface area contributed by atoms with E-state index in [1.807, 2.05) is 30.3 Å². The predicted molar refractivity (Wildman–Crippen MR) is 242 cm³/mol. The molecule has 0 fully saturated rings. The number of fused-ring (bicyclic) bond motifs is 8. The van der Waals surface area contributed by atoms with Gasteiger partial charge in [-0.15, -0.1) is 0 Å². The van der Waals surface area contributed by atoms with Crippen LogP contribution in [0.4, 0.5) is 17.1 Å². The highest BCUT2D eigenvalue weighted by atomic mass is 16.5. The molecule has 276 valence electrons. The zero-order valence-electron chi connectivity index (χ0n) is 31.8. The molecular formula is C54H34N4O. The van der Waals surface area contributed by atoms with Crippen molar-refractivity contribution in [1.29, 1.82) is 0 Å². The van der Waals surface area contributed by atoms with E-state index < -0.39 is 0 Å². The van der Waals surface area contributed by atoms with Crippen LogP contribution in [0.2, 0.25) is 0 Å². The number of nitrogens with zero attached hydrogens (tertiary/aromatic N) is 4. The molecule has 5 heteroatoms. The van der Waals surface area contributed by atoms with E-state index in [2.05, 4.69) is 185 Å². The molecule has 0 saturated heterocycles. The quantitative estimate of drug-likeness (QED) is 0.175. The maximum Gasteiger partial charge on any atom is 0.160 e. The third kappa shape index (κ3) is 5.40. The maximum absolute atomic E-state index is 6.49. The van der Waals surface area contributed by atoms with E-state index >= 15 is 0 Å². The Kier molecular flexibility index (Phi) is 7.47. The van der Waals surface area contributed by atoms with E-state index in [1.165, 1.54) is 21.5 Å². The van der Waals surface area contributed by atoms with Crippen LogP contribution in [0, 0.1) is 0 Å². The Morgan fingerprint density at radius 1 is 0.390 bits per heavy atom. The minimum absolute atomic E-state index is 0.696. The topological polar surface area (TPSA) is 43.2 Å². The summed E-state index contributed by atoms with van der Waals surface area (Å²) in [6, 6.07) is 72.6. The van der Waals surface area contributed by atoms with Crippen molar-refractivity contribution in [2.24, 2.45) is 0 Å². The standard InChI is InChI=1S/C54H34N4O/c1-3-15-36(16-4-1)53-43-22-9-10-23-45(43)55-54(56-53)39-17-13-20-41(32-39)58-46-29-27-37(33-44(46)52-42-21-8-7-14-35(42)26-30-48(52)58)38-28-31-51-49(34-38)57(40-18-5-2-6-19-40)47-24-11-12-25-50(47)59-51/h1-34H. The molecular weight excluding hydrogens is 721 g/mol. The van der Waals surface area contributed by atoms with Gasteiger partial charge in [0.25, 0.3) is 0 Å². The Labute approximate surface area is 340 Å². The third-order valence-corrected chi connectivity index (χ3v) is 11.5. The molecule has 1 aliphatic rings. The smallest absolute Gasteiger partial charge is 0.160 e. The molecule has 0 unspecified atom stereocenters. The highest BCUT2D eigenvalue weighted by Crippen LogP contribution is 2.51. The lowest BCUT2D eigenvalue weighted by atomic mass is 9.99. The first kappa shape index (κ1) is 33.2. The summed E-state index contributed by atoms with van der Waals surface area (Å²) in [7, 11) is 0. The SMILES string of the molecule is c1ccc(-c2nc(-c3cccc(-n4c5ccc(-c6ccc7c(c6)N(c6ccccc6)c6ccccc6O7)cc5c5c6ccccc6ccc54)c3)nc3ccccc23)cc1. The van der Waals surface area contributed by atoms with E-state index in [1.54, 1.807) is 0 Å². The molecule has 1 aliphatic heterocycles. The summed E-state index contributed by atoms with van der Waals surface area (Å²) in [6.07, 6.45) is 0. The molecule has 59 heavy (non-hydrogen) atoms. The largest absolute Gasteiger partial charge is 0.453 e. The predicted octanol–water partition coefficient (Wildman–Crippen LogP) is 14.5. The first-order valence-corrected chi connectivity index (χ1v) is 19.9. The van der Waals surface area contributed by atoms with Crippen molar-refractivity contribution in [3.63, 3.8) is 0 Å². The van der Waals surface area contributed by atoms with Gasteiger partial charge in [-0.2, -0.15) is 0 Å². The van der Waals surface area contributed by atoms with Crippen molar-refractivity contribution in [2.75, 3.05) is 4.90 Å². The van der Waals surface area contributed by atoms with Crippen LogP contribution in [0.1, 0.15) is 0 Å². The van der Waals surface area contributed by atoms with E-state index in [0.29, 0.717) is 5.82 Å². The highest BCUT2D eigenvalue weighted by molar-refractivity contribution is 6.22. The summed E-state index contributed by atoms with van der Waals surface area (Å²) in [4.78, 5) is 12.6. The molecule has 3 heterocycles. The van der Waals surface area contributed by atoms with Gasteiger partial charge in [0, 0.05) is 38.7 Å². The van der Waals surface area contributed by atoms with Crippen molar-refractivity contribution in [3.8, 4) is 51.0 Å². The van der Waals surface area contributed by atoms with Gasteiger partial charge in [-0.25, -0.2) is 9.97 Å². The van der Waals surface area contributed by atoms with Crippen molar-refractivity contribution in [3.05, 3.63) is 206 Å². The summed E-state index contributed by atoms with van der Waals surface area (Å²) in [5, 5.41) is 5.87. The van der Waals surface area contributed by atoms with Gasteiger partial charge < -0.3 is 14.2 Å². The number of aromatic nitrogens is 3. The van der Waals surface area contributed by atoms with Gasteiger partial charge in [0.05, 0.1) is 33.6 Å². The van der Waals surface area contributed by atoms with Crippen LogP contribution >= 0.6 is 0 Å². The fourth-order valence-corrected chi connectivity index (χ4v) is 8.84. The van der Waals surface area contributed by atoms with Crippen molar-refractivity contribution < 1.29 is 4.74 Å². The molecule has 0 bridgehead atoms. The number of anilines is 3. The Balaban J connectivity index is 1.04. The van der Waals surface area contributed by atoms with Crippen LogP contribution in [0.3, 0.4) is 0 Å². The number of hydrogen-bond acceptors (Lipinski definition) is 4. The monoisotopic (exact) mass is 754 g/mol. The van der Waals surface area contributed by atoms with Gasteiger partial charge in [0.15, 0.2) is 17.3 Å². The molecule has 12 rings (SSSR count). The summed E-state index contributed by atoms with van der Waals surface area (Å²) in [5.74, 6) is 2.36. The molecule has 11 aromatic rings. The van der Waals surface area contributed by atoms with E-state index in [0.717, 1.165) is 84.1 Å². The first-order valence-electron chi connectivity index (χ1n) is 19.9. The Morgan fingerprint density at radius 3 is 1.97 bits per heavy atom. The molecule has 0 saturated carbocycles. The van der Waals surface area contributed by atoms with Crippen molar-refractivity contribution in [1.82, 2.24) is 14.5 Å². The average Bonchev–Trinajstić information content (AvgIpc) is 3.65. The maximum atomic E-state index is 6.49. The first-order chi connectivity index (χ1) is 29.2. The zero-order valence-corrected chi connectivity index (χ0v) is 31.8. The van der Waals surface area contributed by atoms with Gasteiger partial charge in [0.2, 0.25) is 0 Å². The van der Waals surface area contributed by atoms with Gasteiger partial charge in [-0.1, -0.05) is 133 Å². The third-order valence-electron chi connectivity index (χ3n) is 11.5. The van der Waals surface area contributed by atoms with Gasteiger partial charge in [0.1, 0.15) is 0 Å². The number of para-hydroxylation sites is 4. The second kappa shape index (κ2) is 13.3. The minimum Gasteiger partial charge on any atom is -0.453 e. The molecule has 0 N–H and O–H groups in total. The van der Waals surface area contributed by atoms with Gasteiger partial charge in [-0.3, -0.25) is 0 Å². The van der Waals surface area contributed by atoms with Gasteiger partial charge in [-0.05, 0) is 94.7 Å². The van der Waals surface area contributed by atoms with Crippen molar-refractivity contribution >= 4 is 60.5 Å². The molecule has 0 spiro atoms. The van der Waals surface area contributed by atoms with E-state index in [9.17, 15) is 0 Å². The normalized spacial score (nSPS) is 12.2. The van der Waals surface area contributed by atoms with Crippen LogP contribution in [-0.4, -0.2) is 14.5 Å². The van der Waals surface area contributed by atoms with Crippen LogP contribution < -0.4 is 9.64 Å². The minimum atomic E-state index is 0.696. The molecule has 0 aliphatic carbocycles. The lowest BCUT2D eigenvalue weighted by Crippen LogP contribution is -2.15. The second-order valence-electron chi connectivity index (χ2n) is 15.0. The second-order valence-corrected chi connectivity index (χ2v) is 15.0. The molecule has 5 nitrogen and oxygen atoms in total. The fraction of sp³-hybridized carbons (Fsp3) is 0. The van der Waals surface area contributed by atoms with Crippen LogP contribution in [-0.2, 0) is 0 Å². The number of rotatable bonds is 5. The Morgan fingerprint density at radius 2 is 1.07 bits per heavy atom. The van der Waals surface area contributed by atoms with E-state index in [4.69, 9.17) is 14.7 Å². The summed E-state index contributed by atoms with van der Waals surface area (Å²) >= 11 is 0. The summed E-state index contributed by atoms with van der Waals surface area (Å²) < 4.78 is 8.87. The van der Waals surface area contributed by atoms with Crippen LogP contribution in [0.25, 0.3) is 82.9 Å². The highest BCUT2D eigenvalue weighted by Gasteiger charge is 2.26. The zero-order chi connectivity index (χ0) is 38.9. The number of ether oxygens (including phenoxy) is 1. The fourth-order valence-electron chi connectivity index (χ4n) is 8.84. The average molecular weight is 755 g/mol. The molecule has 0 amide bonds. The molecule has 0 radical (unpaired) electrons. The van der Waals surface area contributed by atoms with Crippen LogP contribution in [0.5, 0.6) is 11.5 Å². The molecule has 2 aromatic heterocycles. The summed E-state index contributed by atoms with van der Waals surface area (Å²) in [5.41, 5.74) is 12.5. The lowest BCUT2D eigenvalue weighted by Gasteiger charge is -2.33. The van der Waals surface area contributed by atoms with Crippen LogP contribution in [0.15, 0.2) is 206 Å². The number of benzene rings is 9. The molecule has 0 atom stereocenters.